The Kier molecular flexibility index (Phi) is 5.77. The van der Waals surface area contributed by atoms with Gasteiger partial charge in [-0.15, -0.1) is 0 Å². The van der Waals surface area contributed by atoms with Crippen LogP contribution in [-0.4, -0.2) is 55.0 Å². The number of rotatable bonds is 4. The smallest absolute Gasteiger partial charge is 0.347 e. The zero-order valence-electron chi connectivity index (χ0n) is 11.4. The molecule has 0 bridgehead atoms. The molecule has 0 unspecified atom stereocenters. The molecule has 0 saturated heterocycles. The van der Waals surface area contributed by atoms with E-state index in [0.29, 0.717) is 9.37 Å². The van der Waals surface area contributed by atoms with Crippen LogP contribution in [0, 0.1) is 0 Å². The van der Waals surface area contributed by atoms with Crippen molar-refractivity contribution in [3.8, 4) is 0 Å². The molecule has 2 amide bonds. The Balaban J connectivity index is 3.00. The highest BCUT2D eigenvalue weighted by molar-refractivity contribution is 9.10. The van der Waals surface area contributed by atoms with Gasteiger partial charge in [0.05, 0.1) is 0 Å². The fraction of sp³-hybridized carbons (Fsp3) is 0.385. The van der Waals surface area contributed by atoms with Gasteiger partial charge in [-0.3, -0.25) is 9.59 Å². The molecular formula is C13H14BrF3N2O2. The summed E-state index contributed by atoms with van der Waals surface area (Å²) in [5.74, 6) is -1.42. The third kappa shape index (κ3) is 5.74. The van der Waals surface area contributed by atoms with Gasteiger partial charge in [0.15, 0.2) is 0 Å². The van der Waals surface area contributed by atoms with Crippen molar-refractivity contribution in [1.29, 1.82) is 0 Å². The molecule has 4 nitrogen and oxygen atoms in total. The summed E-state index contributed by atoms with van der Waals surface area (Å²) in [6.45, 7) is -2.10. The van der Waals surface area contributed by atoms with Crippen LogP contribution in [0.4, 0.5) is 13.2 Å². The summed E-state index contributed by atoms with van der Waals surface area (Å²) >= 11 is 3.15. The van der Waals surface area contributed by atoms with Crippen LogP contribution in [0.3, 0.4) is 0 Å². The molecule has 21 heavy (non-hydrogen) atoms. The van der Waals surface area contributed by atoms with Crippen molar-refractivity contribution < 1.29 is 22.8 Å². The topological polar surface area (TPSA) is 40.6 Å². The van der Waals surface area contributed by atoms with E-state index in [-0.39, 0.29) is 5.56 Å². The third-order valence-corrected chi connectivity index (χ3v) is 3.05. The number of halogens is 4. The number of alkyl halides is 3. The first-order valence-corrected chi connectivity index (χ1v) is 6.71. The Morgan fingerprint density at radius 2 is 1.86 bits per heavy atom. The molecule has 0 aliphatic rings. The summed E-state index contributed by atoms with van der Waals surface area (Å²) in [6.07, 6.45) is -4.58. The van der Waals surface area contributed by atoms with Gasteiger partial charge in [-0.2, -0.15) is 13.2 Å². The fourth-order valence-electron chi connectivity index (χ4n) is 1.52. The Bertz CT molecular complexity index is 532. The molecule has 0 N–H and O–H groups in total. The summed E-state index contributed by atoms with van der Waals surface area (Å²) in [4.78, 5) is 25.4. The van der Waals surface area contributed by atoms with Crippen molar-refractivity contribution in [2.24, 2.45) is 0 Å². The number of hydrogen-bond donors (Lipinski definition) is 0. The standard InChI is InChI=1S/C13H14BrF3N2O2/c1-18(2)11(20)7-19(8-13(15,16)17)12(21)9-4-3-5-10(14)6-9/h3-6H,7-8H2,1-2H3. The molecular weight excluding hydrogens is 353 g/mol. The van der Waals surface area contributed by atoms with Crippen LogP contribution in [0.25, 0.3) is 0 Å². The van der Waals surface area contributed by atoms with Gasteiger partial charge in [-0.05, 0) is 18.2 Å². The Labute approximate surface area is 128 Å². The van der Waals surface area contributed by atoms with Crippen LogP contribution in [0.1, 0.15) is 10.4 Å². The SMILES string of the molecule is CN(C)C(=O)CN(CC(F)(F)F)C(=O)c1cccc(Br)c1. The van der Waals surface area contributed by atoms with Crippen LogP contribution in [0.15, 0.2) is 28.7 Å². The number of carbonyl (C=O) groups is 2. The minimum absolute atomic E-state index is 0.0835. The van der Waals surface area contributed by atoms with Crippen molar-refractivity contribution in [3.05, 3.63) is 34.3 Å². The van der Waals surface area contributed by atoms with Crippen molar-refractivity contribution in [2.75, 3.05) is 27.2 Å². The molecule has 1 aromatic carbocycles. The van der Waals surface area contributed by atoms with Crippen LogP contribution >= 0.6 is 15.9 Å². The Morgan fingerprint density at radius 1 is 1.24 bits per heavy atom. The Morgan fingerprint density at radius 3 is 2.33 bits per heavy atom. The van der Waals surface area contributed by atoms with Gasteiger partial charge in [0.25, 0.3) is 5.91 Å². The van der Waals surface area contributed by atoms with Gasteiger partial charge in [-0.1, -0.05) is 22.0 Å². The number of nitrogens with zero attached hydrogens (tertiary/aromatic N) is 2. The summed E-state index contributed by atoms with van der Waals surface area (Å²) in [7, 11) is 2.83. The highest BCUT2D eigenvalue weighted by atomic mass is 79.9. The molecule has 0 heterocycles. The molecule has 0 radical (unpaired) electrons. The minimum atomic E-state index is -4.58. The molecule has 0 fully saturated rings. The third-order valence-electron chi connectivity index (χ3n) is 2.55. The van der Waals surface area contributed by atoms with E-state index in [4.69, 9.17) is 0 Å². The normalized spacial score (nSPS) is 11.1. The predicted molar refractivity (Wildman–Crippen MR) is 74.8 cm³/mol. The molecule has 0 aromatic heterocycles. The molecule has 1 aromatic rings. The zero-order valence-corrected chi connectivity index (χ0v) is 13.0. The van der Waals surface area contributed by atoms with E-state index in [1.165, 1.54) is 32.3 Å². The lowest BCUT2D eigenvalue weighted by Gasteiger charge is -2.25. The maximum absolute atomic E-state index is 12.6. The molecule has 0 aliphatic carbocycles. The van der Waals surface area contributed by atoms with E-state index in [1.54, 1.807) is 6.07 Å². The van der Waals surface area contributed by atoms with Crippen LogP contribution in [-0.2, 0) is 4.79 Å². The van der Waals surface area contributed by atoms with Crippen LogP contribution < -0.4 is 0 Å². The molecule has 116 valence electrons. The van der Waals surface area contributed by atoms with E-state index >= 15 is 0 Å². The van der Waals surface area contributed by atoms with Gasteiger partial charge in [0.2, 0.25) is 5.91 Å². The molecule has 0 saturated carbocycles. The number of hydrogen-bond acceptors (Lipinski definition) is 2. The highest BCUT2D eigenvalue weighted by Crippen LogP contribution is 2.19. The summed E-state index contributed by atoms with van der Waals surface area (Å²) in [5, 5.41) is 0. The van der Waals surface area contributed by atoms with E-state index in [9.17, 15) is 22.8 Å². The van der Waals surface area contributed by atoms with E-state index in [0.717, 1.165) is 4.90 Å². The quantitative estimate of drug-likeness (QED) is 0.821. The van der Waals surface area contributed by atoms with Gasteiger partial charge in [-0.25, -0.2) is 0 Å². The van der Waals surface area contributed by atoms with E-state index < -0.39 is 31.1 Å². The van der Waals surface area contributed by atoms with Gasteiger partial charge in [0.1, 0.15) is 13.1 Å². The second kappa shape index (κ2) is 6.93. The summed E-state index contributed by atoms with van der Waals surface area (Å²) in [6, 6.07) is 6.00. The second-order valence-electron chi connectivity index (χ2n) is 4.57. The maximum atomic E-state index is 12.6. The monoisotopic (exact) mass is 366 g/mol. The lowest BCUT2D eigenvalue weighted by molar-refractivity contribution is -0.146. The van der Waals surface area contributed by atoms with Crippen molar-refractivity contribution in [3.63, 3.8) is 0 Å². The zero-order chi connectivity index (χ0) is 16.2. The van der Waals surface area contributed by atoms with Gasteiger partial charge >= 0.3 is 6.18 Å². The maximum Gasteiger partial charge on any atom is 0.406 e. The number of amides is 2. The summed E-state index contributed by atoms with van der Waals surface area (Å²) in [5.41, 5.74) is 0.0835. The first kappa shape index (κ1) is 17.5. The Hall–Kier alpha value is -1.57. The lowest BCUT2D eigenvalue weighted by atomic mass is 10.2. The van der Waals surface area contributed by atoms with Crippen molar-refractivity contribution in [2.45, 2.75) is 6.18 Å². The molecule has 0 spiro atoms. The van der Waals surface area contributed by atoms with Gasteiger partial charge in [0, 0.05) is 24.1 Å². The average molecular weight is 367 g/mol. The minimum Gasteiger partial charge on any atom is -0.347 e. The molecule has 0 aliphatic heterocycles. The molecule has 1 rings (SSSR count). The van der Waals surface area contributed by atoms with Crippen molar-refractivity contribution >= 4 is 27.7 Å². The molecule has 0 atom stereocenters. The number of likely N-dealkylation sites (N-methyl/N-ethyl adjacent to an activating group) is 1. The van der Waals surface area contributed by atoms with E-state index in [1.807, 2.05) is 0 Å². The number of carbonyl (C=O) groups excluding carboxylic acids is 2. The number of benzene rings is 1. The highest BCUT2D eigenvalue weighted by Gasteiger charge is 2.34. The second-order valence-corrected chi connectivity index (χ2v) is 5.49. The fourth-order valence-corrected chi connectivity index (χ4v) is 1.92. The van der Waals surface area contributed by atoms with Crippen LogP contribution in [0.2, 0.25) is 0 Å². The first-order chi connectivity index (χ1) is 9.60. The summed E-state index contributed by atoms with van der Waals surface area (Å²) < 4.78 is 38.3. The van der Waals surface area contributed by atoms with Crippen LogP contribution in [0.5, 0.6) is 0 Å². The predicted octanol–water partition coefficient (Wildman–Crippen LogP) is 2.54. The average Bonchev–Trinajstić information content (AvgIpc) is 2.35. The van der Waals surface area contributed by atoms with Crippen molar-refractivity contribution in [1.82, 2.24) is 9.80 Å². The largest absolute Gasteiger partial charge is 0.406 e. The first-order valence-electron chi connectivity index (χ1n) is 5.92. The molecule has 8 heteroatoms. The van der Waals surface area contributed by atoms with Gasteiger partial charge < -0.3 is 9.80 Å². The lowest BCUT2D eigenvalue weighted by Crippen LogP contribution is -2.44. The van der Waals surface area contributed by atoms with E-state index in [2.05, 4.69) is 15.9 Å².